The van der Waals surface area contributed by atoms with Crippen LogP contribution in [0, 0.1) is 0 Å². The molecule has 19 N–H and O–H groups in total. The summed E-state index contributed by atoms with van der Waals surface area (Å²) in [5, 5.41) is 168. The zero-order chi connectivity index (χ0) is 71.8. The fourth-order valence-corrected chi connectivity index (χ4v) is 12.4. The highest BCUT2D eigenvalue weighted by atomic mass is 16.8. The predicted octanol–water partition coefficient (Wildman–Crippen LogP) is -7.37. The Labute approximate surface area is 564 Å². The average molecular weight is 1410 g/mol. The third-order valence-electron chi connectivity index (χ3n) is 17.6. The van der Waals surface area contributed by atoms with Crippen LogP contribution < -0.4 is 31.3 Å². The summed E-state index contributed by atoms with van der Waals surface area (Å²) in [7, 11) is 0. The molecule has 36 heteroatoms. The number of aliphatic hydroxyl groups excluding tert-OH is 14. The van der Waals surface area contributed by atoms with Crippen molar-refractivity contribution in [3.8, 4) is 5.75 Å². The van der Waals surface area contributed by atoms with E-state index in [0.29, 0.717) is 18.8 Å². The van der Waals surface area contributed by atoms with Crippen molar-refractivity contribution in [1.82, 2.24) is 26.6 Å². The van der Waals surface area contributed by atoms with Crippen LogP contribution in [-0.2, 0) is 71.3 Å². The third kappa shape index (κ3) is 20.5. The Morgan fingerprint density at radius 2 is 0.878 bits per heavy atom. The van der Waals surface area contributed by atoms with Crippen molar-refractivity contribution in [2.45, 2.75) is 270 Å². The molecule has 36 nitrogen and oxygen atoms in total. The molecule has 0 spiro atoms. The van der Waals surface area contributed by atoms with Gasteiger partial charge in [-0.1, -0.05) is 44.4 Å². The van der Waals surface area contributed by atoms with E-state index in [9.17, 15) is 95.5 Å². The molecular formula is C62H99N5O31. The molecule has 0 saturated carbocycles. The van der Waals surface area contributed by atoms with Gasteiger partial charge in [-0.25, -0.2) is 0 Å². The largest absolute Gasteiger partial charge is 0.494 e. The highest BCUT2D eigenvalue weighted by Crippen LogP contribution is 2.37. The fourth-order valence-electron chi connectivity index (χ4n) is 12.4. The molecule has 6 aliphatic rings. The number of hydrogen-bond acceptors (Lipinski definition) is 31. The molecular weight excluding hydrogens is 1310 g/mol. The van der Waals surface area contributed by atoms with Crippen molar-refractivity contribution in [1.29, 1.82) is 0 Å². The zero-order valence-electron chi connectivity index (χ0n) is 55.2. The Morgan fingerprint density at radius 3 is 1.34 bits per heavy atom. The molecule has 0 radical (unpaired) electrons. The van der Waals surface area contributed by atoms with Crippen molar-refractivity contribution in [2.24, 2.45) is 0 Å². The van der Waals surface area contributed by atoms with Gasteiger partial charge < -0.3 is 155 Å². The first kappa shape index (κ1) is 80.4. The summed E-state index contributed by atoms with van der Waals surface area (Å²) < 4.78 is 71.9. The molecule has 0 aromatic heterocycles. The molecule has 98 heavy (non-hydrogen) atoms. The van der Waals surface area contributed by atoms with Gasteiger partial charge in [0.25, 0.3) is 5.91 Å². The topological polar surface area (TPSA) is 539 Å². The molecule has 6 aliphatic heterocycles. The number of carbonyl (C=O) groups is 5. The quantitative estimate of drug-likeness (QED) is 0.0243. The number of benzene rings is 1. The lowest BCUT2D eigenvalue weighted by molar-refractivity contribution is -0.368. The van der Waals surface area contributed by atoms with Crippen LogP contribution in [-0.4, -0.2) is 325 Å². The lowest BCUT2D eigenvalue weighted by Gasteiger charge is -2.51. The second-order valence-electron chi connectivity index (χ2n) is 25.1. The minimum Gasteiger partial charge on any atom is -0.494 e. The van der Waals surface area contributed by atoms with Crippen LogP contribution in [0.5, 0.6) is 5.75 Å². The van der Waals surface area contributed by atoms with Crippen LogP contribution in [0.4, 0.5) is 0 Å². The maximum atomic E-state index is 13.9. The van der Waals surface area contributed by atoms with Crippen molar-refractivity contribution in [2.75, 3.05) is 39.6 Å². The van der Waals surface area contributed by atoms with E-state index in [1.54, 1.807) is 12.1 Å². The summed E-state index contributed by atoms with van der Waals surface area (Å²) in [5.41, 5.74) is 0.0454. The lowest BCUT2D eigenvalue weighted by Crippen LogP contribution is -2.72. The van der Waals surface area contributed by atoms with Gasteiger partial charge in [-0.2, -0.15) is 0 Å². The number of unbranched alkanes of at least 4 members (excludes halogenated alkanes) is 5. The number of carbonyl (C=O) groups excluding carboxylic acids is 5. The van der Waals surface area contributed by atoms with Gasteiger partial charge in [-0.15, -0.1) is 0 Å². The van der Waals surface area contributed by atoms with Gasteiger partial charge in [0, 0.05) is 33.3 Å². The Morgan fingerprint density at radius 1 is 0.449 bits per heavy atom. The van der Waals surface area contributed by atoms with Crippen LogP contribution in [0.1, 0.15) is 96.8 Å². The van der Waals surface area contributed by atoms with Gasteiger partial charge in [0.2, 0.25) is 23.6 Å². The number of nitrogens with one attached hydrogen (secondary N) is 5. The summed E-state index contributed by atoms with van der Waals surface area (Å²) in [4.78, 5) is 65.0. The average Bonchev–Trinajstić information content (AvgIpc) is 0.772. The molecule has 6 fully saturated rings. The Bertz CT molecular complexity index is 2710. The smallest absolute Gasteiger partial charge is 0.251 e. The number of allylic oxidation sites excluding steroid dienone is 2. The fraction of sp³-hybridized carbons (Fsp3) is 0.790. The standard InChI is InChI=1S/C62H99N5O31/c1-7-8-9-10-11-12-13-14-15-19-87-32-18-16-17-31(20-32)56(85)67-39-45(78)44(77)33(21-68)91-58(39)95-52-34(22-69)92-59(40(47(52)80)64-28(4)73)96-53-35(23-70)93-60(41(48(53)81)65-29(5)74)97-54-36(24-71)94-61(42(49(54)82)66-30(6)75)98-55-37(90-57(86)38(46(55)79)63-27(3)72)25-88-62-51(84)50(83)43(76)26(2)89-62/h12-13,16-18,20,26,33-55,57-62,68-71,76-84,86H,7-11,14-15,19,21-25H2,1-6H3,(H,63,72)(H,64,73)(H,65,74)(H,66,75)(H,67,85)/t26?,33?,34?,35?,36?,37?,38-,39-,40?,41-,42?,43+,44+,45+,46+,47?,48+,49?,50+,51?,52+,53?,54+,55?,57+,58?,59-,60-,61?,62+/m0/s1. The lowest BCUT2D eigenvalue weighted by atomic mass is 9.93. The number of ether oxygens (including phenoxy) is 12. The van der Waals surface area contributed by atoms with E-state index < -0.39 is 246 Å². The van der Waals surface area contributed by atoms with Crippen LogP contribution in [0.2, 0.25) is 0 Å². The van der Waals surface area contributed by atoms with Crippen molar-refractivity contribution >= 4 is 29.5 Å². The predicted molar refractivity (Wildman–Crippen MR) is 328 cm³/mol. The van der Waals surface area contributed by atoms with E-state index >= 15 is 0 Å². The van der Waals surface area contributed by atoms with Crippen molar-refractivity contribution < 1.29 is 152 Å². The van der Waals surface area contributed by atoms with E-state index in [0.717, 1.165) is 53.4 Å². The summed E-state index contributed by atoms with van der Waals surface area (Å²) >= 11 is 0. The first-order valence-corrected chi connectivity index (χ1v) is 32.8. The number of hydrogen-bond donors (Lipinski definition) is 19. The Hall–Kier alpha value is -4.89. The number of aliphatic hydroxyl groups is 14. The van der Waals surface area contributed by atoms with Gasteiger partial charge in [0.15, 0.2) is 37.7 Å². The van der Waals surface area contributed by atoms with E-state index in [1.807, 2.05) is 0 Å². The molecule has 15 unspecified atom stereocenters. The van der Waals surface area contributed by atoms with Gasteiger partial charge in [-0.05, 0) is 50.8 Å². The molecule has 5 amide bonds. The summed E-state index contributed by atoms with van der Waals surface area (Å²) in [5.74, 6) is -3.72. The normalized spacial score (nSPS) is 39.9. The molecule has 6 heterocycles. The number of rotatable bonds is 31. The SMILES string of the molecule is CCCCCCC=CCCCOc1cccc(C(=O)N[C@@H]2C(O[C@@H]3C(CO)O[C@@H](OC4C(CO)O[C@@H](O[C@@H]5C(CO)OC(OC6C(CO[C@@H]7OC(C)[C@@H](O)[C@@H](O)C7O)O[C@@H](O)[C@@H](NC(C)=O)[C@H]6O)C(NC(C)=O)C5O)[C@@H](NC(C)=O)[C@H]4O)C(NC(C)=O)C3O)OC(CO)[C@@H](O)[C@@H]2O)c1. The molecule has 0 bridgehead atoms. The van der Waals surface area contributed by atoms with Crippen molar-refractivity contribution in [3.63, 3.8) is 0 Å². The number of amides is 5. The second-order valence-corrected chi connectivity index (χ2v) is 25.1. The minimum atomic E-state index is -2.07. The molecule has 1 aromatic carbocycles. The highest BCUT2D eigenvalue weighted by Gasteiger charge is 2.58. The first-order valence-electron chi connectivity index (χ1n) is 32.8. The molecule has 6 saturated heterocycles. The summed E-state index contributed by atoms with van der Waals surface area (Å²) in [6.45, 7) is 3.29. The van der Waals surface area contributed by atoms with Crippen LogP contribution in [0.3, 0.4) is 0 Å². The Kier molecular flexibility index (Phi) is 31.1. The first-order chi connectivity index (χ1) is 46.7. The molecule has 558 valence electrons. The molecule has 30 atom stereocenters. The second kappa shape index (κ2) is 37.9. The maximum absolute atomic E-state index is 13.9. The van der Waals surface area contributed by atoms with Gasteiger partial charge in [-0.3, -0.25) is 24.0 Å². The van der Waals surface area contributed by atoms with E-state index in [-0.39, 0.29) is 5.56 Å². The van der Waals surface area contributed by atoms with E-state index in [4.69, 9.17) is 56.8 Å². The Balaban J connectivity index is 1.07. The molecule has 0 aliphatic carbocycles. The van der Waals surface area contributed by atoms with Crippen LogP contribution >= 0.6 is 0 Å². The zero-order valence-corrected chi connectivity index (χ0v) is 55.2. The third-order valence-corrected chi connectivity index (χ3v) is 17.6. The molecule has 1 aromatic rings. The van der Waals surface area contributed by atoms with Gasteiger partial charge in [0.1, 0.15) is 146 Å². The van der Waals surface area contributed by atoms with Crippen LogP contribution in [0.25, 0.3) is 0 Å². The highest BCUT2D eigenvalue weighted by molar-refractivity contribution is 5.94. The van der Waals surface area contributed by atoms with Gasteiger partial charge in [0.05, 0.1) is 45.7 Å². The van der Waals surface area contributed by atoms with Crippen LogP contribution in [0.15, 0.2) is 36.4 Å². The molecule has 7 rings (SSSR count). The summed E-state index contributed by atoms with van der Waals surface area (Å²) in [6, 6.07) is -2.52. The monoisotopic (exact) mass is 1410 g/mol. The van der Waals surface area contributed by atoms with E-state index in [1.165, 1.54) is 31.9 Å². The van der Waals surface area contributed by atoms with E-state index in [2.05, 4.69) is 45.7 Å². The van der Waals surface area contributed by atoms with Crippen molar-refractivity contribution in [3.05, 3.63) is 42.0 Å². The summed E-state index contributed by atoms with van der Waals surface area (Å²) in [6.07, 6.45) is -33.6. The minimum absolute atomic E-state index is 0.0454. The van der Waals surface area contributed by atoms with Gasteiger partial charge >= 0.3 is 0 Å². The maximum Gasteiger partial charge on any atom is 0.251 e.